The van der Waals surface area contributed by atoms with Gasteiger partial charge in [-0.3, -0.25) is 14.4 Å². The lowest BCUT2D eigenvalue weighted by atomic mass is 10.2. The van der Waals surface area contributed by atoms with Gasteiger partial charge in [-0.2, -0.15) is 5.10 Å². The Bertz CT molecular complexity index is 1490. The van der Waals surface area contributed by atoms with E-state index >= 15 is 0 Å². The molecule has 10 heteroatoms. The molecule has 0 radical (unpaired) electrons. The first kappa shape index (κ1) is 24.4. The topological polar surface area (TPSA) is 85.2 Å². The molecule has 0 bridgehead atoms. The fourth-order valence-corrected chi connectivity index (χ4v) is 6.39. The quantitative estimate of drug-likeness (QED) is 0.336. The highest BCUT2D eigenvalue weighted by atomic mass is 35.5. The highest BCUT2D eigenvalue weighted by Gasteiger charge is 2.27. The van der Waals surface area contributed by atoms with E-state index in [1.54, 1.807) is 30.0 Å². The summed E-state index contributed by atoms with van der Waals surface area (Å²) < 4.78 is 28.1. The van der Waals surface area contributed by atoms with Gasteiger partial charge in [-0.1, -0.05) is 42.0 Å². The number of anilines is 1. The molecule has 0 unspecified atom stereocenters. The molecule has 0 atom stereocenters. The van der Waals surface area contributed by atoms with Crippen molar-refractivity contribution in [1.82, 2.24) is 14.8 Å². The maximum absolute atomic E-state index is 13.8. The molecule has 0 aliphatic heterocycles. The predicted octanol–water partition coefficient (Wildman–Crippen LogP) is 5.21. The largest absolute Gasteiger partial charge is 0.282 e. The minimum absolute atomic E-state index is 0.0268. The number of carbonyl (C=O) groups excluding carboxylic acids is 1. The molecule has 0 spiro atoms. The third-order valence-corrected chi connectivity index (χ3v) is 8.62. The number of hydrogen-bond donors (Lipinski definition) is 0. The molecule has 7 nitrogen and oxygen atoms in total. The Morgan fingerprint density at radius 2 is 1.88 bits per heavy atom. The molecular weight excluding hydrogens is 492 g/mol. The van der Waals surface area contributed by atoms with Crippen LogP contribution in [0.25, 0.3) is 10.2 Å². The van der Waals surface area contributed by atoms with Crippen LogP contribution in [0.3, 0.4) is 0 Å². The van der Waals surface area contributed by atoms with Crippen molar-refractivity contribution in [3.05, 3.63) is 70.0 Å². The molecule has 0 saturated carbocycles. The third kappa shape index (κ3) is 4.73. The van der Waals surface area contributed by atoms with Crippen molar-refractivity contribution in [2.45, 2.75) is 39.1 Å². The number of amides is 1. The van der Waals surface area contributed by atoms with E-state index in [9.17, 15) is 13.2 Å². The highest BCUT2D eigenvalue weighted by Crippen LogP contribution is 2.34. The minimum atomic E-state index is -3.60. The second-order valence-electron chi connectivity index (χ2n) is 8.07. The Morgan fingerprint density at radius 1 is 1.15 bits per heavy atom. The van der Waals surface area contributed by atoms with Crippen molar-refractivity contribution < 1.29 is 13.2 Å². The molecule has 0 aliphatic carbocycles. The normalized spacial score (nSPS) is 11.8. The standard InChI is InChI=1S/C24H25ClN4O3S2/c1-5-34(31,32)21-9-7-6-8-19(21)23(30)28(10-11-29-17(4)13-16(3)27-29)24-26-22-15(2)12-18(25)14-20(22)33-24/h6-9,12-14H,5,10-11H2,1-4H3. The van der Waals surface area contributed by atoms with Crippen molar-refractivity contribution in [3.63, 3.8) is 0 Å². The van der Waals surface area contributed by atoms with Crippen LogP contribution < -0.4 is 4.90 Å². The van der Waals surface area contributed by atoms with Crippen LogP contribution in [0.4, 0.5) is 5.13 Å². The van der Waals surface area contributed by atoms with Gasteiger partial charge < -0.3 is 0 Å². The van der Waals surface area contributed by atoms with E-state index in [-0.39, 0.29) is 22.8 Å². The van der Waals surface area contributed by atoms with Gasteiger partial charge in [-0.25, -0.2) is 13.4 Å². The van der Waals surface area contributed by atoms with Gasteiger partial charge in [0.15, 0.2) is 15.0 Å². The van der Waals surface area contributed by atoms with E-state index in [2.05, 4.69) is 5.10 Å². The number of sulfone groups is 1. The van der Waals surface area contributed by atoms with Gasteiger partial charge in [0.1, 0.15) is 0 Å². The summed E-state index contributed by atoms with van der Waals surface area (Å²) >= 11 is 7.59. The van der Waals surface area contributed by atoms with Crippen LogP contribution in [0.15, 0.2) is 47.4 Å². The number of carbonyl (C=O) groups is 1. The van der Waals surface area contributed by atoms with Crippen molar-refractivity contribution in [2.75, 3.05) is 17.2 Å². The molecule has 178 valence electrons. The van der Waals surface area contributed by atoms with Crippen molar-refractivity contribution in [3.8, 4) is 0 Å². The number of aryl methyl sites for hydroxylation is 3. The minimum Gasteiger partial charge on any atom is -0.282 e. The monoisotopic (exact) mass is 516 g/mol. The average molecular weight is 517 g/mol. The number of thiazole rings is 1. The van der Waals surface area contributed by atoms with Crippen LogP contribution in [0.5, 0.6) is 0 Å². The van der Waals surface area contributed by atoms with Gasteiger partial charge in [-0.05, 0) is 56.7 Å². The van der Waals surface area contributed by atoms with Crippen LogP contribution in [0.2, 0.25) is 5.02 Å². The van der Waals surface area contributed by atoms with Gasteiger partial charge in [0.05, 0.1) is 38.7 Å². The number of hydrogen-bond acceptors (Lipinski definition) is 6. The predicted molar refractivity (Wildman–Crippen MR) is 137 cm³/mol. The lowest BCUT2D eigenvalue weighted by molar-refractivity contribution is 0.0982. The first-order chi connectivity index (χ1) is 16.1. The summed E-state index contributed by atoms with van der Waals surface area (Å²) in [4.78, 5) is 20.1. The van der Waals surface area contributed by atoms with Crippen LogP contribution in [-0.4, -0.2) is 41.4 Å². The van der Waals surface area contributed by atoms with Crippen LogP contribution in [-0.2, 0) is 16.4 Å². The van der Waals surface area contributed by atoms with Crippen LogP contribution in [0, 0.1) is 20.8 Å². The summed E-state index contributed by atoms with van der Waals surface area (Å²) in [6.45, 7) is 8.06. The fourth-order valence-electron chi connectivity index (χ4n) is 3.85. The molecule has 0 aliphatic rings. The Morgan fingerprint density at radius 3 is 2.56 bits per heavy atom. The number of nitrogens with zero attached hydrogens (tertiary/aromatic N) is 4. The Kier molecular flexibility index (Phi) is 6.80. The van der Waals surface area contributed by atoms with Gasteiger partial charge in [0, 0.05) is 17.3 Å². The summed E-state index contributed by atoms with van der Waals surface area (Å²) in [5.41, 5.74) is 3.67. The Balaban J connectivity index is 1.81. The Hall–Kier alpha value is -2.75. The summed E-state index contributed by atoms with van der Waals surface area (Å²) in [6.07, 6.45) is 0. The zero-order chi connectivity index (χ0) is 24.6. The summed E-state index contributed by atoms with van der Waals surface area (Å²) in [7, 11) is -3.60. The second-order valence-corrected chi connectivity index (χ2v) is 11.8. The average Bonchev–Trinajstić information content (AvgIpc) is 3.36. The van der Waals surface area contributed by atoms with E-state index in [1.807, 2.05) is 43.7 Å². The van der Waals surface area contributed by atoms with E-state index < -0.39 is 15.7 Å². The SMILES string of the molecule is CCS(=O)(=O)c1ccccc1C(=O)N(CCn1nc(C)cc1C)c1nc2c(C)cc(Cl)cc2s1. The van der Waals surface area contributed by atoms with Gasteiger partial charge in [0.25, 0.3) is 5.91 Å². The number of halogens is 1. The first-order valence-electron chi connectivity index (χ1n) is 10.8. The zero-order valence-electron chi connectivity index (χ0n) is 19.4. The Labute approximate surface area is 207 Å². The number of aromatic nitrogens is 3. The molecule has 2 aromatic heterocycles. The molecule has 0 saturated heterocycles. The molecule has 0 fully saturated rings. The molecule has 0 N–H and O–H groups in total. The van der Waals surface area contributed by atoms with E-state index in [1.165, 1.54) is 17.4 Å². The molecule has 2 aromatic carbocycles. The maximum Gasteiger partial charge on any atom is 0.261 e. The van der Waals surface area contributed by atoms with Gasteiger partial charge in [-0.15, -0.1) is 0 Å². The van der Waals surface area contributed by atoms with Crippen molar-refractivity contribution in [2.24, 2.45) is 0 Å². The fraction of sp³-hybridized carbons (Fsp3) is 0.292. The summed E-state index contributed by atoms with van der Waals surface area (Å²) in [5.74, 6) is -0.515. The van der Waals surface area contributed by atoms with E-state index in [0.717, 1.165) is 27.2 Å². The first-order valence-corrected chi connectivity index (χ1v) is 13.7. The summed E-state index contributed by atoms with van der Waals surface area (Å²) in [6, 6.07) is 12.0. The van der Waals surface area contributed by atoms with Crippen molar-refractivity contribution >= 4 is 54.0 Å². The van der Waals surface area contributed by atoms with Crippen molar-refractivity contribution in [1.29, 1.82) is 0 Å². The number of benzene rings is 2. The molecule has 2 heterocycles. The van der Waals surface area contributed by atoms with E-state index in [4.69, 9.17) is 16.6 Å². The smallest absolute Gasteiger partial charge is 0.261 e. The zero-order valence-corrected chi connectivity index (χ0v) is 21.8. The number of fused-ring (bicyclic) bond motifs is 1. The highest BCUT2D eigenvalue weighted by molar-refractivity contribution is 7.91. The molecular formula is C24H25ClN4O3S2. The third-order valence-electron chi connectivity index (χ3n) is 5.59. The maximum atomic E-state index is 13.8. The lowest BCUT2D eigenvalue weighted by Gasteiger charge is -2.21. The van der Waals surface area contributed by atoms with Gasteiger partial charge in [0.2, 0.25) is 0 Å². The number of rotatable bonds is 7. The molecule has 34 heavy (non-hydrogen) atoms. The van der Waals surface area contributed by atoms with E-state index in [0.29, 0.717) is 16.7 Å². The lowest BCUT2D eigenvalue weighted by Crippen LogP contribution is -2.35. The molecule has 4 aromatic rings. The van der Waals surface area contributed by atoms with Crippen LogP contribution >= 0.6 is 22.9 Å². The molecule has 1 amide bonds. The molecule has 4 rings (SSSR count). The summed E-state index contributed by atoms with van der Waals surface area (Å²) in [5, 5.41) is 5.57. The second kappa shape index (κ2) is 9.48. The van der Waals surface area contributed by atoms with Crippen LogP contribution in [0.1, 0.15) is 34.2 Å². The van der Waals surface area contributed by atoms with Gasteiger partial charge >= 0.3 is 0 Å².